The molecule has 0 unspecified atom stereocenters. The SMILES string of the molecule is Cc1cc(Br)c(F)cc1Nc1nc(N)nc(C)c1[N+](=O)[O-]. The predicted molar refractivity (Wildman–Crippen MR) is 80.0 cm³/mol. The number of aryl methyl sites for hydroxylation is 2. The van der Waals surface area contributed by atoms with Crippen LogP contribution in [0.15, 0.2) is 16.6 Å². The molecule has 0 aliphatic carbocycles. The van der Waals surface area contributed by atoms with E-state index in [9.17, 15) is 14.5 Å². The van der Waals surface area contributed by atoms with Crippen molar-refractivity contribution in [2.24, 2.45) is 0 Å². The molecule has 0 saturated carbocycles. The minimum absolute atomic E-state index is 0.0742. The molecule has 2 aromatic rings. The molecule has 2 rings (SSSR count). The van der Waals surface area contributed by atoms with Gasteiger partial charge in [0, 0.05) is 5.69 Å². The molecule has 0 saturated heterocycles. The lowest BCUT2D eigenvalue weighted by atomic mass is 10.2. The van der Waals surface area contributed by atoms with Crippen molar-refractivity contribution in [3.05, 3.63) is 43.8 Å². The number of benzene rings is 1. The highest BCUT2D eigenvalue weighted by Crippen LogP contribution is 2.31. The van der Waals surface area contributed by atoms with Gasteiger partial charge in [0.1, 0.15) is 11.5 Å². The molecule has 7 nitrogen and oxygen atoms in total. The fourth-order valence-corrected chi connectivity index (χ4v) is 2.26. The van der Waals surface area contributed by atoms with Gasteiger partial charge in [0.15, 0.2) is 0 Å². The van der Waals surface area contributed by atoms with E-state index in [1.165, 1.54) is 13.0 Å². The van der Waals surface area contributed by atoms with Gasteiger partial charge in [-0.1, -0.05) is 0 Å². The summed E-state index contributed by atoms with van der Waals surface area (Å²) in [6, 6.07) is 2.78. The van der Waals surface area contributed by atoms with E-state index in [1.807, 2.05) is 0 Å². The average molecular weight is 356 g/mol. The van der Waals surface area contributed by atoms with Crippen LogP contribution in [0.4, 0.5) is 27.5 Å². The van der Waals surface area contributed by atoms with E-state index in [0.717, 1.165) is 0 Å². The van der Waals surface area contributed by atoms with Crippen molar-refractivity contribution >= 4 is 39.1 Å². The molecule has 0 spiro atoms. The highest BCUT2D eigenvalue weighted by Gasteiger charge is 2.22. The second-order valence-electron chi connectivity index (χ2n) is 4.33. The number of nitrogens with zero attached hydrogens (tertiary/aromatic N) is 3. The molecule has 1 aromatic heterocycles. The number of nitrogens with one attached hydrogen (secondary N) is 1. The van der Waals surface area contributed by atoms with Crippen LogP contribution < -0.4 is 11.1 Å². The number of anilines is 3. The average Bonchev–Trinajstić information content (AvgIpc) is 2.34. The maximum Gasteiger partial charge on any atom is 0.332 e. The van der Waals surface area contributed by atoms with Crippen molar-refractivity contribution in [1.82, 2.24) is 9.97 Å². The number of nitrogens with two attached hydrogens (primary N) is 1. The summed E-state index contributed by atoms with van der Waals surface area (Å²) in [5, 5.41) is 13.9. The molecule has 0 fully saturated rings. The van der Waals surface area contributed by atoms with Crippen molar-refractivity contribution in [2.45, 2.75) is 13.8 Å². The molecule has 1 heterocycles. The van der Waals surface area contributed by atoms with E-state index in [-0.39, 0.29) is 23.1 Å². The van der Waals surface area contributed by atoms with E-state index in [4.69, 9.17) is 5.73 Å². The first kappa shape index (κ1) is 15.1. The Bertz CT molecular complexity index is 738. The molecule has 0 atom stereocenters. The molecule has 9 heteroatoms. The van der Waals surface area contributed by atoms with Crippen LogP contribution in [0.3, 0.4) is 0 Å². The third-order valence-corrected chi connectivity index (χ3v) is 3.39. The monoisotopic (exact) mass is 355 g/mol. The third-order valence-electron chi connectivity index (χ3n) is 2.78. The van der Waals surface area contributed by atoms with Gasteiger partial charge >= 0.3 is 5.69 Å². The van der Waals surface area contributed by atoms with Gasteiger partial charge in [-0.2, -0.15) is 4.98 Å². The lowest BCUT2D eigenvalue weighted by Gasteiger charge is -2.11. The van der Waals surface area contributed by atoms with Crippen LogP contribution in [-0.2, 0) is 0 Å². The van der Waals surface area contributed by atoms with E-state index in [0.29, 0.717) is 15.7 Å². The van der Waals surface area contributed by atoms with Crippen molar-refractivity contribution in [3.63, 3.8) is 0 Å². The lowest BCUT2D eigenvalue weighted by molar-refractivity contribution is -0.385. The lowest BCUT2D eigenvalue weighted by Crippen LogP contribution is -2.07. The molecule has 0 amide bonds. The fraction of sp³-hybridized carbons (Fsp3) is 0.167. The summed E-state index contributed by atoms with van der Waals surface area (Å²) in [5.41, 5.74) is 6.38. The zero-order valence-corrected chi connectivity index (χ0v) is 12.7. The zero-order valence-electron chi connectivity index (χ0n) is 11.1. The molecule has 21 heavy (non-hydrogen) atoms. The topological polar surface area (TPSA) is 107 Å². The highest BCUT2D eigenvalue weighted by molar-refractivity contribution is 9.10. The van der Waals surface area contributed by atoms with Crippen LogP contribution in [0, 0.1) is 29.8 Å². The first-order valence-corrected chi connectivity index (χ1v) is 6.60. The Labute approximate surface area is 127 Å². The Morgan fingerprint density at radius 2 is 2.05 bits per heavy atom. The summed E-state index contributed by atoms with van der Waals surface area (Å²) >= 11 is 3.07. The Balaban J connectivity index is 2.54. The maximum atomic E-state index is 13.6. The van der Waals surface area contributed by atoms with E-state index in [1.54, 1.807) is 13.0 Å². The Morgan fingerprint density at radius 3 is 2.67 bits per heavy atom. The first-order chi connectivity index (χ1) is 9.79. The minimum atomic E-state index is -0.609. The summed E-state index contributed by atoms with van der Waals surface area (Å²) in [4.78, 5) is 18.1. The molecule has 0 aliphatic heterocycles. The second kappa shape index (κ2) is 5.60. The van der Waals surface area contributed by atoms with E-state index in [2.05, 4.69) is 31.2 Å². The van der Waals surface area contributed by atoms with Crippen LogP contribution >= 0.6 is 15.9 Å². The normalized spacial score (nSPS) is 10.5. The smallest absolute Gasteiger partial charge is 0.332 e. The second-order valence-corrected chi connectivity index (χ2v) is 5.18. The van der Waals surface area contributed by atoms with Crippen LogP contribution in [0.2, 0.25) is 0 Å². The quantitative estimate of drug-likeness (QED) is 0.646. The van der Waals surface area contributed by atoms with Gasteiger partial charge < -0.3 is 11.1 Å². The highest BCUT2D eigenvalue weighted by atomic mass is 79.9. The van der Waals surface area contributed by atoms with Gasteiger partial charge in [0.25, 0.3) is 0 Å². The van der Waals surface area contributed by atoms with Gasteiger partial charge in [0.05, 0.1) is 9.40 Å². The molecule has 1 aromatic carbocycles. The number of nitrogen functional groups attached to an aromatic ring is 1. The van der Waals surface area contributed by atoms with E-state index < -0.39 is 10.7 Å². The van der Waals surface area contributed by atoms with Crippen LogP contribution in [0.5, 0.6) is 0 Å². The van der Waals surface area contributed by atoms with Crippen LogP contribution in [-0.4, -0.2) is 14.9 Å². The molecule has 0 radical (unpaired) electrons. The van der Waals surface area contributed by atoms with Crippen LogP contribution in [0.1, 0.15) is 11.3 Å². The Morgan fingerprint density at radius 1 is 1.38 bits per heavy atom. The van der Waals surface area contributed by atoms with Gasteiger partial charge in [-0.25, -0.2) is 9.37 Å². The number of aromatic nitrogens is 2. The number of halogens is 2. The largest absolute Gasteiger partial charge is 0.368 e. The minimum Gasteiger partial charge on any atom is -0.368 e. The molecule has 0 bridgehead atoms. The molecule has 3 N–H and O–H groups in total. The summed E-state index contributed by atoms with van der Waals surface area (Å²) in [5.74, 6) is -0.671. The van der Waals surface area contributed by atoms with Crippen molar-refractivity contribution in [1.29, 1.82) is 0 Å². The van der Waals surface area contributed by atoms with Gasteiger partial charge in [-0.15, -0.1) is 0 Å². The zero-order chi connectivity index (χ0) is 15.7. The Kier molecular flexibility index (Phi) is 4.03. The van der Waals surface area contributed by atoms with Crippen molar-refractivity contribution in [3.8, 4) is 0 Å². The maximum absolute atomic E-state index is 13.6. The summed E-state index contributed by atoms with van der Waals surface area (Å²) in [6.07, 6.45) is 0. The van der Waals surface area contributed by atoms with Crippen molar-refractivity contribution in [2.75, 3.05) is 11.1 Å². The van der Waals surface area contributed by atoms with Gasteiger partial charge in [-0.05, 0) is 47.5 Å². The third kappa shape index (κ3) is 3.07. The number of rotatable bonds is 3. The molecule has 110 valence electrons. The molecular weight excluding hydrogens is 345 g/mol. The van der Waals surface area contributed by atoms with Gasteiger partial charge in [0.2, 0.25) is 11.8 Å². The standard InChI is InChI=1S/C12H11BrFN5O2/c1-5-3-7(13)8(14)4-9(5)17-11-10(19(20)21)6(2)16-12(15)18-11/h3-4H,1-2H3,(H3,15,16,17,18). The number of nitro groups is 1. The van der Waals surface area contributed by atoms with E-state index >= 15 is 0 Å². The number of hydrogen-bond acceptors (Lipinski definition) is 6. The molecular formula is C12H11BrFN5O2. The predicted octanol–water partition coefficient (Wildman–Crippen LogP) is 3.23. The Hall–Kier alpha value is -2.29. The fourth-order valence-electron chi connectivity index (χ4n) is 1.80. The van der Waals surface area contributed by atoms with Crippen LogP contribution in [0.25, 0.3) is 0 Å². The first-order valence-electron chi connectivity index (χ1n) is 5.80. The number of hydrogen-bond donors (Lipinski definition) is 2. The van der Waals surface area contributed by atoms with Crippen molar-refractivity contribution < 1.29 is 9.31 Å². The summed E-state index contributed by atoms with van der Waals surface area (Å²) in [6.45, 7) is 3.19. The summed E-state index contributed by atoms with van der Waals surface area (Å²) in [7, 11) is 0. The summed E-state index contributed by atoms with van der Waals surface area (Å²) < 4.78 is 13.9. The molecule has 0 aliphatic rings. The van der Waals surface area contributed by atoms with Gasteiger partial charge in [-0.3, -0.25) is 10.1 Å².